The van der Waals surface area contributed by atoms with Gasteiger partial charge >= 0.3 is 0 Å². The number of nitrogens with one attached hydrogen (secondary N) is 1. The SMILES string of the molecule is Cc1nc(Cl)cc(NC2CCCS(=O)(=O)C2)n1. The molecule has 1 aliphatic rings. The Kier molecular flexibility index (Phi) is 3.53. The van der Waals surface area contributed by atoms with Crippen LogP contribution in [-0.2, 0) is 9.84 Å². The average molecular weight is 276 g/mol. The molecule has 94 valence electrons. The minimum absolute atomic E-state index is 0.0842. The van der Waals surface area contributed by atoms with E-state index in [9.17, 15) is 8.42 Å². The maximum absolute atomic E-state index is 11.5. The Morgan fingerprint density at radius 1 is 1.47 bits per heavy atom. The standard InChI is InChI=1S/C10H14ClN3O2S/c1-7-12-9(11)5-10(13-7)14-8-3-2-4-17(15,16)6-8/h5,8H,2-4,6H2,1H3,(H,12,13,14). The lowest BCUT2D eigenvalue weighted by Gasteiger charge is -2.23. The van der Waals surface area contributed by atoms with Crippen molar-refractivity contribution in [1.82, 2.24) is 9.97 Å². The summed E-state index contributed by atoms with van der Waals surface area (Å²) in [6.07, 6.45) is 1.53. The van der Waals surface area contributed by atoms with Crippen LogP contribution in [0.2, 0.25) is 5.15 Å². The molecule has 1 saturated heterocycles. The molecule has 1 aromatic rings. The molecule has 7 heteroatoms. The summed E-state index contributed by atoms with van der Waals surface area (Å²) in [5.74, 6) is 1.60. The third-order valence-electron chi connectivity index (χ3n) is 2.62. The number of hydrogen-bond donors (Lipinski definition) is 1. The van der Waals surface area contributed by atoms with Gasteiger partial charge in [0.1, 0.15) is 16.8 Å². The second-order valence-corrected chi connectivity index (χ2v) is 6.84. The molecule has 1 aliphatic heterocycles. The first-order valence-corrected chi connectivity index (χ1v) is 7.63. The van der Waals surface area contributed by atoms with Gasteiger partial charge in [0.25, 0.3) is 0 Å². The molecule has 0 bridgehead atoms. The molecule has 1 aromatic heterocycles. The van der Waals surface area contributed by atoms with Crippen molar-refractivity contribution in [2.45, 2.75) is 25.8 Å². The van der Waals surface area contributed by atoms with E-state index in [2.05, 4.69) is 15.3 Å². The largest absolute Gasteiger partial charge is 0.366 e. The summed E-state index contributed by atoms with van der Waals surface area (Å²) in [5, 5.41) is 3.46. The third kappa shape index (κ3) is 3.54. The van der Waals surface area contributed by atoms with Crippen molar-refractivity contribution >= 4 is 27.3 Å². The summed E-state index contributed by atoms with van der Waals surface area (Å²) < 4.78 is 23.0. The van der Waals surface area contributed by atoms with E-state index in [1.807, 2.05) is 0 Å². The molecule has 1 unspecified atom stereocenters. The summed E-state index contributed by atoms with van der Waals surface area (Å²) in [7, 11) is -2.91. The van der Waals surface area contributed by atoms with E-state index in [0.717, 1.165) is 6.42 Å². The van der Waals surface area contributed by atoms with E-state index in [-0.39, 0.29) is 17.5 Å². The van der Waals surface area contributed by atoms with Crippen LogP contribution in [0, 0.1) is 6.92 Å². The minimum Gasteiger partial charge on any atom is -0.366 e. The van der Waals surface area contributed by atoms with E-state index < -0.39 is 9.84 Å². The van der Waals surface area contributed by atoms with Gasteiger partial charge < -0.3 is 5.32 Å². The summed E-state index contributed by atoms with van der Waals surface area (Å²) in [5.41, 5.74) is 0. The van der Waals surface area contributed by atoms with Crippen LogP contribution in [0.5, 0.6) is 0 Å². The lowest BCUT2D eigenvalue weighted by Crippen LogP contribution is -2.35. The van der Waals surface area contributed by atoms with Crippen LogP contribution >= 0.6 is 11.6 Å². The van der Waals surface area contributed by atoms with Crippen molar-refractivity contribution in [2.24, 2.45) is 0 Å². The molecule has 0 saturated carbocycles. The molecule has 0 amide bonds. The smallest absolute Gasteiger partial charge is 0.152 e. The Bertz CT molecular complexity index is 498. The predicted molar refractivity (Wildman–Crippen MR) is 67.1 cm³/mol. The molecule has 5 nitrogen and oxygen atoms in total. The molecule has 1 fully saturated rings. The van der Waals surface area contributed by atoms with Crippen LogP contribution in [0.25, 0.3) is 0 Å². The van der Waals surface area contributed by atoms with Crippen LogP contribution in [0.15, 0.2) is 6.07 Å². The van der Waals surface area contributed by atoms with Crippen LogP contribution in [0.4, 0.5) is 5.82 Å². The summed E-state index contributed by atoms with van der Waals surface area (Å²) >= 11 is 5.81. The first-order valence-electron chi connectivity index (χ1n) is 5.43. The molecule has 0 aliphatic carbocycles. The number of nitrogens with zero attached hydrogens (tertiary/aromatic N) is 2. The van der Waals surface area contributed by atoms with Gasteiger partial charge in [-0.3, -0.25) is 0 Å². The highest BCUT2D eigenvalue weighted by Gasteiger charge is 2.24. The second kappa shape index (κ2) is 4.78. The average Bonchev–Trinajstić information content (AvgIpc) is 2.13. The quantitative estimate of drug-likeness (QED) is 0.827. The van der Waals surface area contributed by atoms with Gasteiger partial charge in [-0.05, 0) is 19.8 Å². The van der Waals surface area contributed by atoms with Gasteiger partial charge in [-0.15, -0.1) is 0 Å². The van der Waals surface area contributed by atoms with E-state index in [1.165, 1.54) is 0 Å². The van der Waals surface area contributed by atoms with Gasteiger partial charge in [-0.25, -0.2) is 18.4 Å². The van der Waals surface area contributed by atoms with Crippen LogP contribution in [0.3, 0.4) is 0 Å². The fourth-order valence-electron chi connectivity index (χ4n) is 1.95. The lowest BCUT2D eigenvalue weighted by atomic mass is 10.2. The number of aryl methyl sites for hydroxylation is 1. The molecule has 17 heavy (non-hydrogen) atoms. The zero-order valence-corrected chi connectivity index (χ0v) is 11.1. The predicted octanol–water partition coefficient (Wildman–Crippen LogP) is 1.43. The number of anilines is 1. The normalized spacial score (nSPS) is 23.3. The highest BCUT2D eigenvalue weighted by Crippen LogP contribution is 2.18. The second-order valence-electron chi connectivity index (χ2n) is 4.22. The molecule has 0 aromatic carbocycles. The zero-order chi connectivity index (χ0) is 12.5. The molecule has 0 radical (unpaired) electrons. The van der Waals surface area contributed by atoms with Crippen molar-refractivity contribution in [1.29, 1.82) is 0 Å². The molecule has 2 rings (SSSR count). The zero-order valence-electron chi connectivity index (χ0n) is 9.48. The fraction of sp³-hybridized carbons (Fsp3) is 0.600. The van der Waals surface area contributed by atoms with E-state index in [1.54, 1.807) is 13.0 Å². The maximum Gasteiger partial charge on any atom is 0.152 e. The molecule has 1 atom stereocenters. The van der Waals surface area contributed by atoms with Crippen molar-refractivity contribution in [2.75, 3.05) is 16.8 Å². The Hall–Kier alpha value is -0.880. The highest BCUT2D eigenvalue weighted by atomic mass is 35.5. The van der Waals surface area contributed by atoms with Gasteiger partial charge in [0.2, 0.25) is 0 Å². The van der Waals surface area contributed by atoms with Crippen molar-refractivity contribution in [3.8, 4) is 0 Å². The number of sulfone groups is 1. The third-order valence-corrected chi connectivity index (χ3v) is 4.64. The van der Waals surface area contributed by atoms with E-state index >= 15 is 0 Å². The topological polar surface area (TPSA) is 72.0 Å². The number of halogens is 1. The molecule has 1 N–H and O–H groups in total. The fourth-order valence-corrected chi connectivity index (χ4v) is 3.81. The van der Waals surface area contributed by atoms with Gasteiger partial charge in [-0.1, -0.05) is 11.6 Å². The summed E-state index contributed by atoms with van der Waals surface area (Å²) in [6, 6.07) is 1.52. The van der Waals surface area contributed by atoms with Gasteiger partial charge in [-0.2, -0.15) is 0 Å². The Morgan fingerprint density at radius 3 is 2.88 bits per heavy atom. The first-order chi connectivity index (χ1) is 7.94. The van der Waals surface area contributed by atoms with Gasteiger partial charge in [0.05, 0.1) is 11.5 Å². The Morgan fingerprint density at radius 2 is 2.24 bits per heavy atom. The molecular formula is C10H14ClN3O2S. The van der Waals surface area contributed by atoms with Gasteiger partial charge in [0, 0.05) is 12.1 Å². The lowest BCUT2D eigenvalue weighted by molar-refractivity contribution is 0.561. The maximum atomic E-state index is 11.5. The number of aromatic nitrogens is 2. The molecule has 0 spiro atoms. The summed E-state index contributed by atoms with van der Waals surface area (Å²) in [4.78, 5) is 8.13. The van der Waals surface area contributed by atoms with E-state index in [4.69, 9.17) is 11.6 Å². The first kappa shape index (κ1) is 12.6. The van der Waals surface area contributed by atoms with Crippen molar-refractivity contribution < 1.29 is 8.42 Å². The van der Waals surface area contributed by atoms with Gasteiger partial charge in [0.15, 0.2) is 9.84 Å². The van der Waals surface area contributed by atoms with Crippen LogP contribution in [-0.4, -0.2) is 35.9 Å². The Balaban J connectivity index is 2.10. The minimum atomic E-state index is -2.91. The summed E-state index contributed by atoms with van der Waals surface area (Å²) in [6.45, 7) is 1.74. The van der Waals surface area contributed by atoms with E-state index in [0.29, 0.717) is 23.2 Å². The monoisotopic (exact) mass is 275 g/mol. The number of rotatable bonds is 2. The molecular weight excluding hydrogens is 262 g/mol. The van der Waals surface area contributed by atoms with Crippen molar-refractivity contribution in [3.05, 3.63) is 17.0 Å². The highest BCUT2D eigenvalue weighted by molar-refractivity contribution is 7.91. The van der Waals surface area contributed by atoms with Crippen molar-refractivity contribution in [3.63, 3.8) is 0 Å². The Labute approximate surface area is 106 Å². The van der Waals surface area contributed by atoms with Crippen LogP contribution in [0.1, 0.15) is 18.7 Å². The molecule has 2 heterocycles. The van der Waals surface area contributed by atoms with Crippen LogP contribution < -0.4 is 5.32 Å². The number of hydrogen-bond acceptors (Lipinski definition) is 5.